The number of rotatable bonds is 11. The van der Waals surface area contributed by atoms with Crippen molar-refractivity contribution in [1.29, 1.82) is 0 Å². The Kier molecular flexibility index (Phi) is 18.3. The van der Waals surface area contributed by atoms with Crippen molar-refractivity contribution < 1.29 is 58.7 Å². The molecule has 0 aliphatic heterocycles. The highest BCUT2D eigenvalue weighted by Crippen LogP contribution is 2.31. The second kappa shape index (κ2) is 21.3. The lowest BCUT2D eigenvalue weighted by molar-refractivity contribution is -0.193. The number of carboxylic acid groups (broad SMARTS) is 1. The number of aliphatic carboxylic acids is 1. The fraction of sp³-hybridized carbons (Fsp3) is 0.310. The van der Waals surface area contributed by atoms with Gasteiger partial charge in [-0.1, -0.05) is 29.3 Å². The Hall–Kier alpha value is -4.34. The van der Waals surface area contributed by atoms with Gasteiger partial charge in [-0.2, -0.15) is 26.9 Å². The molecule has 1 unspecified atom stereocenters. The van der Waals surface area contributed by atoms with E-state index in [1.165, 1.54) is 19.2 Å². The highest BCUT2D eigenvalue weighted by atomic mass is 35.5. The monoisotopic (exact) mass is 956 g/mol. The number of aryl methyl sites for hydroxylation is 2. The molecule has 20 nitrogen and oxygen atoms in total. The molecule has 0 aliphatic carbocycles. The van der Waals surface area contributed by atoms with Crippen molar-refractivity contribution in [3.05, 3.63) is 86.3 Å². The number of hydrogen-bond donors (Lipinski definition) is 5. The van der Waals surface area contributed by atoms with Gasteiger partial charge in [0.05, 0.1) is 59.3 Å². The molecular formula is C29H35Cl2F4N10O10PS3. The Balaban J connectivity index is 0.000000311. The van der Waals surface area contributed by atoms with E-state index in [1.54, 1.807) is 17.7 Å². The summed E-state index contributed by atoms with van der Waals surface area (Å²) in [5.41, 5.74) is -1.44. The molecule has 0 fully saturated rings. The van der Waals surface area contributed by atoms with Crippen molar-refractivity contribution in [3.8, 4) is 5.69 Å². The van der Waals surface area contributed by atoms with Crippen molar-refractivity contribution in [2.24, 2.45) is 0 Å². The van der Waals surface area contributed by atoms with Crippen molar-refractivity contribution in [1.82, 2.24) is 39.2 Å². The first-order valence-corrected chi connectivity index (χ1v) is 23.9. The van der Waals surface area contributed by atoms with Crippen LogP contribution >= 0.6 is 30.8 Å². The zero-order valence-corrected chi connectivity index (χ0v) is 36.1. The third kappa shape index (κ3) is 16.3. The Labute approximate surface area is 346 Å². The molecule has 59 heavy (non-hydrogen) atoms. The maximum atomic E-state index is 13.5. The van der Waals surface area contributed by atoms with Gasteiger partial charge in [0.1, 0.15) is 30.7 Å². The molecule has 0 bridgehead atoms. The summed E-state index contributed by atoms with van der Waals surface area (Å²) in [4.78, 5) is 47.5. The molecule has 5 N–H and O–H groups in total. The Morgan fingerprint density at radius 1 is 1.00 bits per heavy atom. The highest BCUT2D eigenvalue weighted by molar-refractivity contribution is 7.94. The molecule has 0 saturated carbocycles. The van der Waals surface area contributed by atoms with E-state index in [0.717, 1.165) is 35.0 Å². The van der Waals surface area contributed by atoms with Crippen LogP contribution in [0.5, 0.6) is 0 Å². The van der Waals surface area contributed by atoms with Gasteiger partial charge in [-0.25, -0.2) is 36.1 Å². The molecule has 2 aromatic carbocycles. The van der Waals surface area contributed by atoms with Gasteiger partial charge < -0.3 is 19.5 Å². The molecule has 0 amide bonds. The second-order valence-corrected chi connectivity index (χ2v) is 20.0. The largest absolute Gasteiger partial charge is 0.778 e. The fourth-order valence-corrected chi connectivity index (χ4v) is 6.36. The molecule has 5 aromatic rings. The molecule has 0 saturated heterocycles. The van der Waals surface area contributed by atoms with Gasteiger partial charge in [0.15, 0.2) is 0 Å². The maximum absolute atomic E-state index is 13.5. The van der Waals surface area contributed by atoms with Crippen molar-refractivity contribution in [3.63, 3.8) is 0 Å². The number of hydrogen-bond acceptors (Lipinski definition) is 13. The third-order valence-corrected chi connectivity index (χ3v) is 9.05. The number of nitrogens with zero attached hydrogens (tertiary/aromatic N) is 7. The number of para-hydroxylation sites is 1. The van der Waals surface area contributed by atoms with Crippen molar-refractivity contribution in [2.75, 3.05) is 47.3 Å². The van der Waals surface area contributed by atoms with Crippen LogP contribution in [0, 0.1) is 25.5 Å². The molecule has 0 radical (unpaired) electrons. The van der Waals surface area contributed by atoms with E-state index in [9.17, 15) is 53.4 Å². The minimum atomic E-state index is -4.35. The number of carboxylic acids is 1. The van der Waals surface area contributed by atoms with E-state index in [2.05, 4.69) is 43.7 Å². The number of nitrogens with one attached hydrogen (secondary N) is 3. The molecule has 3 heterocycles. The predicted octanol–water partition coefficient (Wildman–Crippen LogP) is 2.59. The predicted molar refractivity (Wildman–Crippen MR) is 210 cm³/mol. The molecular weight excluding hydrogens is 922 g/mol. The summed E-state index contributed by atoms with van der Waals surface area (Å²) in [6, 6.07) is 6.91. The van der Waals surface area contributed by atoms with Crippen LogP contribution in [0.3, 0.4) is 0 Å². The number of fused-ring (bicyclic) bond motifs is 1. The summed E-state index contributed by atoms with van der Waals surface area (Å²) in [6.45, 7) is -0.623. The molecule has 30 heteroatoms. The maximum Gasteiger partial charge on any atom is 0.355 e. The van der Waals surface area contributed by atoms with E-state index in [-0.39, 0.29) is 37.6 Å². The van der Waals surface area contributed by atoms with Crippen LogP contribution in [-0.2, 0) is 40.3 Å². The minimum absolute atomic E-state index is 0.0257. The van der Waals surface area contributed by atoms with Gasteiger partial charge in [0, 0.05) is 11.9 Å². The molecule has 5 rings (SSSR count). The average Bonchev–Trinajstić information content (AvgIpc) is 3.63. The first-order chi connectivity index (χ1) is 27.0. The second-order valence-electron chi connectivity index (χ2n) is 11.8. The normalized spacial score (nSPS) is 12.4. The van der Waals surface area contributed by atoms with E-state index in [0.29, 0.717) is 21.3 Å². The lowest BCUT2D eigenvalue weighted by atomic mass is 10.3. The lowest BCUT2D eigenvalue weighted by Gasteiger charge is -2.14. The summed E-state index contributed by atoms with van der Waals surface area (Å²) in [5.74, 6) is -3.42. The minimum Gasteiger partial charge on any atom is -0.778 e. The highest BCUT2D eigenvalue weighted by Gasteiger charge is 2.25. The van der Waals surface area contributed by atoms with Gasteiger partial charge in [-0.15, -0.1) is 10.2 Å². The first kappa shape index (κ1) is 50.8. The third-order valence-electron chi connectivity index (χ3n) is 6.09. The molecule has 326 valence electrons. The van der Waals surface area contributed by atoms with Crippen molar-refractivity contribution >= 4 is 84.9 Å². The topological polar surface area (TPSA) is 285 Å². The smallest absolute Gasteiger partial charge is 0.355 e. The average molecular weight is 958 g/mol. The van der Waals surface area contributed by atoms with Crippen LogP contribution in [0.2, 0.25) is 10.0 Å². The number of carbonyl (C=O) groups is 1. The number of benzene rings is 2. The quantitative estimate of drug-likeness (QED) is 0.0723. The van der Waals surface area contributed by atoms with E-state index in [4.69, 9.17) is 33.2 Å². The summed E-state index contributed by atoms with van der Waals surface area (Å²) < 4.78 is 116. The zero-order chi connectivity index (χ0) is 45.2. The summed E-state index contributed by atoms with van der Waals surface area (Å²) in [6.07, 6.45) is 8.26. The van der Waals surface area contributed by atoms with E-state index in [1.807, 2.05) is 5.32 Å². The molecule has 3 aromatic heterocycles. The molecule has 0 spiro atoms. The first-order valence-electron chi connectivity index (χ1n) is 15.6. The van der Waals surface area contributed by atoms with Crippen LogP contribution in [0.15, 0.2) is 52.5 Å². The van der Waals surface area contributed by atoms with Gasteiger partial charge in [-0.3, -0.25) is 19.6 Å². The summed E-state index contributed by atoms with van der Waals surface area (Å²) in [7, 11) is -11.7. The molecule has 1 atom stereocenters. The summed E-state index contributed by atoms with van der Waals surface area (Å²) in [5, 5.41) is 16.7. The number of halogens is 6. The van der Waals surface area contributed by atoms with Gasteiger partial charge >= 0.3 is 18.2 Å². The zero-order valence-electron chi connectivity index (χ0n) is 31.3. The Morgan fingerprint density at radius 3 is 2.07 bits per heavy atom. The Morgan fingerprint density at radius 2 is 1.58 bits per heavy atom. The van der Waals surface area contributed by atoms with Crippen LogP contribution in [0.25, 0.3) is 11.5 Å². The van der Waals surface area contributed by atoms with Crippen LogP contribution in [0.1, 0.15) is 18.1 Å². The van der Waals surface area contributed by atoms with Crippen LogP contribution < -0.4 is 25.3 Å². The SMILES string of the molecule is C[S+](C)C.Cc1ccn2nc(S(=O)(=O)Nc3c(F)cccc3F)nc2n1.Cc1nn(-c2cc(NS(C)(=O)=O)c(Cl)cc2Cl)c(=O)n1C(F)F.O=C(O)CNCP(=O)([O-])O. The molecule has 0 aliphatic rings. The Bertz CT molecular complexity index is 2590. The van der Waals surface area contributed by atoms with Gasteiger partial charge in [-0.05, 0) is 55.1 Å². The van der Waals surface area contributed by atoms with Gasteiger partial charge in [0.25, 0.3) is 21.0 Å². The fourth-order valence-electron chi connectivity index (χ4n) is 3.87. The van der Waals surface area contributed by atoms with E-state index >= 15 is 0 Å². The number of alkyl halides is 2. The van der Waals surface area contributed by atoms with Crippen molar-refractivity contribution in [2.45, 2.75) is 25.6 Å². The van der Waals surface area contributed by atoms with Crippen LogP contribution in [-0.4, -0.2) is 105 Å². The lowest BCUT2D eigenvalue weighted by Crippen LogP contribution is -2.25. The number of aromatic nitrogens is 7. The van der Waals surface area contributed by atoms with E-state index < -0.39 is 81.2 Å². The van der Waals surface area contributed by atoms with Gasteiger partial charge in [0.2, 0.25) is 10.0 Å². The standard InChI is InChI=1S/C12H9F2N5O2S.C11H10Cl2F2N4O3S.C3H8NO5P.C3H9S/c1-7-5-6-19-11(15-7)16-12(17-19)22(20,21)18-10-8(13)3-2-4-9(10)14;1-5-16-19(11(20)18(5)10(14)15)9-4-8(17-23(2,21)22)6(12)3-7(9)13;5-3(6)1-4-2-10(7,8)9;1-4(2)3/h2-6,18H,1H3;3-4,10,17H,1-2H3;4H,1-2H2,(H,5,6)(H2,7,8,9);1-3H3/q;;;+1/p-1. The summed E-state index contributed by atoms with van der Waals surface area (Å²) >= 11 is 11.8. The number of anilines is 2. The number of sulfonamides is 2. The van der Waals surface area contributed by atoms with Crippen LogP contribution in [0.4, 0.5) is 28.9 Å².